The molecule has 0 radical (unpaired) electrons. The highest BCUT2D eigenvalue weighted by Crippen LogP contribution is 2.23. The van der Waals surface area contributed by atoms with Gasteiger partial charge in [-0.25, -0.2) is 5.06 Å². The number of ether oxygens (including phenoxy) is 2. The van der Waals surface area contributed by atoms with Crippen molar-refractivity contribution in [1.29, 1.82) is 0 Å². The zero-order valence-electron chi connectivity index (χ0n) is 15.9. The van der Waals surface area contributed by atoms with Crippen molar-refractivity contribution in [3.05, 3.63) is 96.1 Å². The van der Waals surface area contributed by atoms with Crippen LogP contribution in [0.25, 0.3) is 0 Å². The number of hydroxylamine groups is 2. The van der Waals surface area contributed by atoms with Gasteiger partial charge in [0.05, 0.1) is 19.1 Å². The normalized spacial score (nSPS) is 18.9. The molecule has 7 nitrogen and oxygen atoms in total. The van der Waals surface area contributed by atoms with Crippen LogP contribution in [0.4, 0.5) is 0 Å². The molecule has 0 aromatic heterocycles. The molecule has 1 aliphatic carbocycles. The molecule has 1 aromatic carbocycles. The third-order valence-corrected chi connectivity index (χ3v) is 5.40. The summed E-state index contributed by atoms with van der Waals surface area (Å²) in [4.78, 5) is 0.0506. The van der Waals surface area contributed by atoms with Gasteiger partial charge in [0.1, 0.15) is 17.2 Å². The quantitative estimate of drug-likeness (QED) is 0.796. The Hall–Kier alpha value is -3.36. The lowest BCUT2D eigenvalue weighted by Gasteiger charge is -2.14. The Balaban J connectivity index is 1.99. The molecule has 29 heavy (non-hydrogen) atoms. The Labute approximate surface area is 169 Å². The van der Waals surface area contributed by atoms with Crippen LogP contribution >= 0.6 is 0 Å². The van der Waals surface area contributed by atoms with E-state index in [0.717, 1.165) is 10.6 Å². The highest BCUT2D eigenvalue weighted by Gasteiger charge is 2.20. The van der Waals surface area contributed by atoms with Crippen LogP contribution in [0.2, 0.25) is 0 Å². The van der Waals surface area contributed by atoms with Crippen molar-refractivity contribution >= 4 is 15.7 Å². The van der Waals surface area contributed by atoms with Gasteiger partial charge >= 0.3 is 0 Å². The SMILES string of the molecule is COC1=CC=CC(=CC=C2C=CN(O)C=C2)C1=NS(=O)(=O)c1ccc(OC)cc1. The van der Waals surface area contributed by atoms with Gasteiger partial charge in [-0.3, -0.25) is 5.21 Å². The van der Waals surface area contributed by atoms with Gasteiger partial charge in [-0.05, 0) is 48.1 Å². The van der Waals surface area contributed by atoms with Crippen molar-refractivity contribution in [2.75, 3.05) is 14.2 Å². The second kappa shape index (κ2) is 8.76. The Morgan fingerprint density at radius 2 is 1.69 bits per heavy atom. The Morgan fingerprint density at radius 3 is 2.31 bits per heavy atom. The van der Waals surface area contributed by atoms with Gasteiger partial charge in [-0.1, -0.05) is 24.3 Å². The molecular weight excluding hydrogens is 392 g/mol. The minimum atomic E-state index is -3.96. The molecule has 0 saturated heterocycles. The molecule has 0 amide bonds. The molecular formula is C21H20N2O5S. The number of allylic oxidation sites excluding steroid dienone is 9. The van der Waals surface area contributed by atoms with Crippen LogP contribution in [-0.2, 0) is 14.8 Å². The first kappa shape index (κ1) is 20.4. The van der Waals surface area contributed by atoms with E-state index < -0.39 is 10.0 Å². The van der Waals surface area contributed by atoms with E-state index in [4.69, 9.17) is 9.47 Å². The predicted molar refractivity (Wildman–Crippen MR) is 110 cm³/mol. The van der Waals surface area contributed by atoms with Crippen LogP contribution < -0.4 is 4.74 Å². The van der Waals surface area contributed by atoms with E-state index in [1.807, 2.05) is 0 Å². The number of sulfonamides is 1. The maximum Gasteiger partial charge on any atom is 0.283 e. The van der Waals surface area contributed by atoms with Crippen LogP contribution in [0.1, 0.15) is 0 Å². The topological polar surface area (TPSA) is 88.4 Å². The summed E-state index contributed by atoms with van der Waals surface area (Å²) in [6.07, 6.45) is 15.1. The fraction of sp³-hybridized carbons (Fsp3) is 0.0952. The van der Waals surface area contributed by atoms with Gasteiger partial charge in [0, 0.05) is 18.0 Å². The number of methoxy groups -OCH3 is 2. The summed E-state index contributed by atoms with van der Waals surface area (Å²) in [5, 5.41) is 10.2. The minimum absolute atomic E-state index is 0.0506. The summed E-state index contributed by atoms with van der Waals surface area (Å²) < 4.78 is 40.0. The van der Waals surface area contributed by atoms with Gasteiger partial charge in [0.2, 0.25) is 0 Å². The van der Waals surface area contributed by atoms with E-state index in [9.17, 15) is 13.6 Å². The van der Waals surface area contributed by atoms with Crippen molar-refractivity contribution in [3.8, 4) is 5.75 Å². The van der Waals surface area contributed by atoms with Crippen molar-refractivity contribution < 1.29 is 23.1 Å². The summed E-state index contributed by atoms with van der Waals surface area (Å²) in [5.41, 5.74) is 1.60. The van der Waals surface area contributed by atoms with E-state index in [-0.39, 0.29) is 10.6 Å². The van der Waals surface area contributed by atoms with Gasteiger partial charge in [0.25, 0.3) is 10.0 Å². The maximum atomic E-state index is 12.8. The molecule has 0 spiro atoms. The lowest BCUT2D eigenvalue weighted by Crippen LogP contribution is -2.13. The largest absolute Gasteiger partial charge is 0.497 e. The summed E-state index contributed by atoms with van der Waals surface area (Å²) in [7, 11) is -0.997. The number of hydrogen-bond donors (Lipinski definition) is 1. The summed E-state index contributed by atoms with van der Waals surface area (Å²) in [6.45, 7) is 0. The van der Waals surface area contributed by atoms with Crippen molar-refractivity contribution in [2.24, 2.45) is 4.40 Å². The number of hydrogen-bond acceptors (Lipinski definition) is 6. The zero-order valence-corrected chi connectivity index (χ0v) is 16.7. The first-order valence-electron chi connectivity index (χ1n) is 8.60. The molecule has 150 valence electrons. The van der Waals surface area contributed by atoms with Gasteiger partial charge in [0.15, 0.2) is 0 Å². The molecule has 3 rings (SSSR count). The molecule has 1 N–H and O–H groups in total. The lowest BCUT2D eigenvalue weighted by molar-refractivity contribution is 0.0105. The molecule has 1 heterocycles. The number of nitrogens with zero attached hydrogens (tertiary/aromatic N) is 2. The van der Waals surface area contributed by atoms with Crippen LogP contribution in [-0.4, -0.2) is 38.6 Å². The van der Waals surface area contributed by atoms with Gasteiger partial charge in [-0.2, -0.15) is 12.8 Å². The summed E-state index contributed by atoms with van der Waals surface area (Å²) in [6, 6.07) is 6.01. The fourth-order valence-electron chi connectivity index (χ4n) is 2.58. The molecule has 0 bridgehead atoms. The standard InChI is InChI=1S/C21H20N2O5S/c1-27-18-8-10-19(11-9-18)29(25,26)22-21-17(4-3-5-20(21)28-2)7-6-16-12-14-23(24)15-13-16/h3-15,24H,1-2H3. The summed E-state index contributed by atoms with van der Waals surface area (Å²) >= 11 is 0. The monoisotopic (exact) mass is 412 g/mol. The Bertz CT molecular complexity index is 1070. The lowest BCUT2D eigenvalue weighted by atomic mass is 10.0. The van der Waals surface area contributed by atoms with Crippen molar-refractivity contribution in [2.45, 2.75) is 4.90 Å². The van der Waals surface area contributed by atoms with Crippen LogP contribution in [0.5, 0.6) is 5.75 Å². The third-order valence-electron chi connectivity index (χ3n) is 4.11. The molecule has 0 unspecified atom stereocenters. The van der Waals surface area contributed by atoms with E-state index in [1.54, 1.807) is 54.7 Å². The third kappa shape index (κ3) is 4.92. The van der Waals surface area contributed by atoms with E-state index in [0.29, 0.717) is 17.1 Å². The van der Waals surface area contributed by atoms with Gasteiger partial charge < -0.3 is 9.47 Å². The second-order valence-corrected chi connectivity index (χ2v) is 7.59. The maximum absolute atomic E-state index is 12.8. The molecule has 0 atom stereocenters. The molecule has 1 aromatic rings. The van der Waals surface area contributed by atoms with E-state index in [2.05, 4.69) is 4.40 Å². The van der Waals surface area contributed by atoms with Crippen molar-refractivity contribution in [3.63, 3.8) is 0 Å². The first-order chi connectivity index (χ1) is 13.9. The minimum Gasteiger partial charge on any atom is -0.497 e. The second-order valence-electron chi connectivity index (χ2n) is 5.98. The molecule has 1 aliphatic heterocycles. The average Bonchev–Trinajstić information content (AvgIpc) is 2.74. The smallest absolute Gasteiger partial charge is 0.283 e. The predicted octanol–water partition coefficient (Wildman–Crippen LogP) is 3.51. The highest BCUT2D eigenvalue weighted by molar-refractivity contribution is 7.90. The zero-order chi connectivity index (χ0) is 20.9. The van der Waals surface area contributed by atoms with E-state index >= 15 is 0 Å². The average molecular weight is 412 g/mol. The van der Waals surface area contributed by atoms with Crippen LogP contribution in [0.15, 0.2) is 105 Å². The first-order valence-corrected chi connectivity index (χ1v) is 10.0. The molecule has 0 saturated carbocycles. The summed E-state index contributed by atoms with van der Waals surface area (Å²) in [5.74, 6) is 0.891. The number of benzene rings is 1. The molecule has 0 fully saturated rings. The Kier molecular flexibility index (Phi) is 6.16. The highest BCUT2D eigenvalue weighted by atomic mass is 32.2. The van der Waals surface area contributed by atoms with E-state index in [1.165, 1.54) is 38.8 Å². The van der Waals surface area contributed by atoms with Crippen LogP contribution in [0, 0.1) is 0 Å². The number of rotatable bonds is 5. The molecule has 8 heteroatoms. The fourth-order valence-corrected chi connectivity index (χ4v) is 3.61. The van der Waals surface area contributed by atoms with Crippen LogP contribution in [0.3, 0.4) is 0 Å². The van der Waals surface area contributed by atoms with Crippen molar-refractivity contribution in [1.82, 2.24) is 5.06 Å². The van der Waals surface area contributed by atoms with Gasteiger partial charge in [-0.15, -0.1) is 0 Å². The Morgan fingerprint density at radius 1 is 1.00 bits per heavy atom. The molecule has 2 aliphatic rings.